The van der Waals surface area contributed by atoms with E-state index in [1.165, 1.54) is 4.90 Å². The summed E-state index contributed by atoms with van der Waals surface area (Å²) in [5.74, 6) is 0. The average Bonchev–Trinajstić information content (AvgIpc) is 2.34. The summed E-state index contributed by atoms with van der Waals surface area (Å²) in [7, 11) is -1.87. The number of piperidine rings is 1. The quantitative estimate of drug-likeness (QED) is 0.574. The number of hydrogen-bond acceptors (Lipinski definition) is 4. The molecule has 5 nitrogen and oxygen atoms in total. The van der Waals surface area contributed by atoms with Crippen molar-refractivity contribution in [2.75, 3.05) is 6.54 Å². The van der Waals surface area contributed by atoms with Gasteiger partial charge in [-0.2, -0.15) is 0 Å². The standard InChI is InChI=1S/C17H33NO4Si/c1-16(2,3)21-15(20)18-10-9-14(11-13(18)12-19)22-23(7,8)17(4,5)6/h12-14H,9-11H2,1-8H3/t13-,14?/m0/s1. The highest BCUT2D eigenvalue weighted by atomic mass is 28.4. The summed E-state index contributed by atoms with van der Waals surface area (Å²) in [5.41, 5.74) is -0.557. The molecule has 0 aromatic carbocycles. The van der Waals surface area contributed by atoms with Crippen molar-refractivity contribution >= 4 is 20.7 Å². The van der Waals surface area contributed by atoms with Gasteiger partial charge in [0.05, 0.1) is 6.04 Å². The largest absolute Gasteiger partial charge is 0.444 e. The van der Waals surface area contributed by atoms with E-state index in [-0.39, 0.29) is 11.1 Å². The lowest BCUT2D eigenvalue weighted by molar-refractivity contribution is -0.115. The molecule has 0 radical (unpaired) electrons. The van der Waals surface area contributed by atoms with Crippen LogP contribution in [0.1, 0.15) is 54.4 Å². The van der Waals surface area contributed by atoms with E-state index < -0.39 is 26.1 Å². The van der Waals surface area contributed by atoms with E-state index in [1.807, 2.05) is 20.8 Å². The highest BCUT2D eigenvalue weighted by Crippen LogP contribution is 2.38. The Hall–Kier alpha value is -0.883. The molecule has 1 rings (SSSR count). The van der Waals surface area contributed by atoms with E-state index in [4.69, 9.17) is 9.16 Å². The van der Waals surface area contributed by atoms with Crippen molar-refractivity contribution in [2.45, 2.75) is 90.3 Å². The Morgan fingerprint density at radius 3 is 2.17 bits per heavy atom. The van der Waals surface area contributed by atoms with Gasteiger partial charge < -0.3 is 14.0 Å². The van der Waals surface area contributed by atoms with Crippen molar-refractivity contribution < 1.29 is 18.8 Å². The fourth-order valence-electron chi connectivity index (χ4n) is 2.34. The van der Waals surface area contributed by atoms with Crippen LogP contribution < -0.4 is 0 Å². The van der Waals surface area contributed by atoms with Gasteiger partial charge in [0, 0.05) is 12.6 Å². The maximum Gasteiger partial charge on any atom is 0.410 e. The van der Waals surface area contributed by atoms with Crippen LogP contribution in [0.4, 0.5) is 4.79 Å². The maximum atomic E-state index is 12.2. The van der Waals surface area contributed by atoms with Gasteiger partial charge >= 0.3 is 6.09 Å². The Morgan fingerprint density at radius 1 is 1.17 bits per heavy atom. The van der Waals surface area contributed by atoms with Gasteiger partial charge in [-0.3, -0.25) is 4.90 Å². The molecular formula is C17H33NO4Si. The van der Waals surface area contributed by atoms with Crippen LogP contribution in [0.5, 0.6) is 0 Å². The molecule has 0 aromatic heterocycles. The van der Waals surface area contributed by atoms with Gasteiger partial charge in [-0.15, -0.1) is 0 Å². The minimum atomic E-state index is -1.87. The number of carbonyl (C=O) groups is 2. The Bertz CT molecular complexity index is 437. The second kappa shape index (κ2) is 6.93. The molecule has 0 N–H and O–H groups in total. The Kier molecular flexibility index (Phi) is 6.07. The van der Waals surface area contributed by atoms with Crippen molar-refractivity contribution in [1.82, 2.24) is 4.90 Å². The summed E-state index contributed by atoms with van der Waals surface area (Å²) in [6.45, 7) is 17.0. The normalized spacial score (nSPS) is 23.6. The van der Waals surface area contributed by atoms with Gasteiger partial charge in [0.25, 0.3) is 0 Å². The molecule has 0 aliphatic carbocycles. The highest BCUT2D eigenvalue weighted by molar-refractivity contribution is 6.74. The van der Waals surface area contributed by atoms with Crippen LogP contribution in [-0.4, -0.2) is 49.9 Å². The molecule has 0 aromatic rings. The van der Waals surface area contributed by atoms with Gasteiger partial charge in [0.1, 0.15) is 11.9 Å². The van der Waals surface area contributed by atoms with Crippen LogP contribution in [0.2, 0.25) is 18.1 Å². The van der Waals surface area contributed by atoms with Crippen LogP contribution in [-0.2, 0) is 14.0 Å². The molecule has 1 saturated heterocycles. The molecule has 1 amide bonds. The number of carbonyl (C=O) groups excluding carboxylic acids is 2. The van der Waals surface area contributed by atoms with Gasteiger partial charge in [-0.25, -0.2) is 4.79 Å². The van der Waals surface area contributed by atoms with Crippen molar-refractivity contribution in [3.8, 4) is 0 Å². The fourth-order valence-corrected chi connectivity index (χ4v) is 3.74. The number of rotatable bonds is 3. The summed E-state index contributed by atoms with van der Waals surface area (Å²) < 4.78 is 11.8. The monoisotopic (exact) mass is 343 g/mol. The van der Waals surface area contributed by atoms with Gasteiger partial charge in [0.15, 0.2) is 8.32 Å². The molecule has 23 heavy (non-hydrogen) atoms. The molecule has 1 aliphatic heterocycles. The lowest BCUT2D eigenvalue weighted by Gasteiger charge is -2.43. The highest BCUT2D eigenvalue weighted by Gasteiger charge is 2.42. The molecule has 1 fully saturated rings. The maximum absolute atomic E-state index is 12.2. The first-order chi connectivity index (χ1) is 10.3. The first-order valence-electron chi connectivity index (χ1n) is 8.39. The number of aldehydes is 1. The lowest BCUT2D eigenvalue weighted by atomic mass is 10.0. The fraction of sp³-hybridized carbons (Fsp3) is 0.882. The minimum Gasteiger partial charge on any atom is -0.444 e. The Balaban J connectivity index is 2.73. The summed E-state index contributed by atoms with van der Waals surface area (Å²) >= 11 is 0. The molecular weight excluding hydrogens is 310 g/mol. The summed E-state index contributed by atoms with van der Waals surface area (Å²) in [6.07, 6.45) is 1.75. The van der Waals surface area contributed by atoms with Gasteiger partial charge in [-0.05, 0) is 51.7 Å². The van der Waals surface area contributed by atoms with E-state index in [0.29, 0.717) is 13.0 Å². The topological polar surface area (TPSA) is 55.8 Å². The Labute approximate surface area is 141 Å². The van der Waals surface area contributed by atoms with Crippen molar-refractivity contribution in [2.24, 2.45) is 0 Å². The molecule has 1 unspecified atom stereocenters. The van der Waals surface area contributed by atoms with Gasteiger partial charge in [0.2, 0.25) is 0 Å². The van der Waals surface area contributed by atoms with E-state index >= 15 is 0 Å². The number of nitrogens with zero attached hydrogens (tertiary/aromatic N) is 1. The first-order valence-corrected chi connectivity index (χ1v) is 11.3. The molecule has 0 bridgehead atoms. The first kappa shape index (κ1) is 20.2. The van der Waals surface area contributed by atoms with Crippen molar-refractivity contribution in [1.29, 1.82) is 0 Å². The molecule has 2 atom stereocenters. The molecule has 0 spiro atoms. The minimum absolute atomic E-state index is 0.0322. The van der Waals surface area contributed by atoms with Crippen LogP contribution in [0.25, 0.3) is 0 Å². The summed E-state index contributed by atoms with van der Waals surface area (Å²) in [4.78, 5) is 25.2. The zero-order chi connectivity index (χ0) is 18.1. The third-order valence-electron chi connectivity index (χ3n) is 4.65. The predicted octanol–water partition coefficient (Wildman–Crippen LogP) is 3.98. The van der Waals surface area contributed by atoms with Crippen molar-refractivity contribution in [3.05, 3.63) is 0 Å². The van der Waals surface area contributed by atoms with Crippen molar-refractivity contribution in [3.63, 3.8) is 0 Å². The molecule has 1 aliphatic rings. The SMILES string of the molecule is CC(C)(C)OC(=O)N1CCC(O[Si](C)(C)C(C)(C)C)C[C@H]1C=O. The number of likely N-dealkylation sites (tertiary alicyclic amines) is 1. The average molecular weight is 344 g/mol. The molecule has 134 valence electrons. The second-order valence-corrected chi connectivity index (χ2v) is 13.7. The van der Waals surface area contributed by atoms with Crippen LogP contribution in [0.15, 0.2) is 0 Å². The number of amides is 1. The summed E-state index contributed by atoms with van der Waals surface area (Å²) in [6, 6.07) is -0.464. The molecule has 0 saturated carbocycles. The van der Waals surface area contributed by atoms with Crippen LogP contribution >= 0.6 is 0 Å². The third-order valence-corrected chi connectivity index (χ3v) is 9.18. The Morgan fingerprint density at radius 2 is 1.74 bits per heavy atom. The smallest absolute Gasteiger partial charge is 0.410 e. The molecule has 6 heteroatoms. The zero-order valence-electron chi connectivity index (χ0n) is 15.9. The zero-order valence-corrected chi connectivity index (χ0v) is 16.9. The van der Waals surface area contributed by atoms with Gasteiger partial charge in [-0.1, -0.05) is 20.8 Å². The van der Waals surface area contributed by atoms with E-state index in [0.717, 1.165) is 12.7 Å². The second-order valence-electron chi connectivity index (χ2n) is 8.90. The van der Waals surface area contributed by atoms with E-state index in [9.17, 15) is 9.59 Å². The van der Waals surface area contributed by atoms with E-state index in [1.54, 1.807) is 0 Å². The number of ether oxygens (including phenoxy) is 1. The predicted molar refractivity (Wildman–Crippen MR) is 94.1 cm³/mol. The number of hydrogen-bond donors (Lipinski definition) is 0. The third kappa shape index (κ3) is 5.60. The van der Waals surface area contributed by atoms with Crippen LogP contribution in [0, 0.1) is 0 Å². The van der Waals surface area contributed by atoms with E-state index in [2.05, 4.69) is 33.9 Å². The summed E-state index contributed by atoms with van der Waals surface area (Å²) in [5, 5.41) is 0.131. The van der Waals surface area contributed by atoms with Crippen LogP contribution in [0.3, 0.4) is 0 Å². The molecule has 1 heterocycles. The lowest BCUT2D eigenvalue weighted by Crippen LogP contribution is -2.53.